The van der Waals surface area contributed by atoms with Gasteiger partial charge in [-0.1, -0.05) is 20.8 Å². The van der Waals surface area contributed by atoms with Gasteiger partial charge in [0.1, 0.15) is 10.0 Å². The first-order chi connectivity index (χ1) is 4.74. The maximum Gasteiger partial charge on any atom is 0.119 e. The van der Waals surface area contributed by atoms with Crippen molar-refractivity contribution in [2.24, 2.45) is 0 Å². The molecule has 0 aliphatic rings. The van der Waals surface area contributed by atoms with E-state index in [1.807, 2.05) is 0 Å². The molecule has 0 bridgehead atoms. The van der Waals surface area contributed by atoms with Crippen LogP contribution in [0.2, 0.25) is 0 Å². The summed E-state index contributed by atoms with van der Waals surface area (Å²) in [6, 6.07) is 0. The second-order valence-electron chi connectivity index (χ2n) is 2.54. The van der Waals surface area contributed by atoms with Crippen LogP contribution in [-0.2, 0) is 6.42 Å². The number of hydrogen-bond acceptors (Lipinski definition) is 3. The fraction of sp³-hybridized carbons (Fsp3) is 0.714. The maximum absolute atomic E-state index is 4.06. The minimum atomic E-state index is 0.526. The Labute approximate surface area is 65.3 Å². The summed E-state index contributed by atoms with van der Waals surface area (Å²) in [4.78, 5) is 0. The molecule has 0 unspecified atom stereocenters. The molecule has 1 rings (SSSR count). The smallest absolute Gasteiger partial charge is 0.119 e. The van der Waals surface area contributed by atoms with Crippen molar-refractivity contribution in [2.75, 3.05) is 0 Å². The second-order valence-corrected chi connectivity index (χ2v) is 3.64. The van der Waals surface area contributed by atoms with Gasteiger partial charge in [-0.3, -0.25) is 0 Å². The molecule has 0 aromatic carbocycles. The number of rotatable bonds is 2. The summed E-state index contributed by atoms with van der Waals surface area (Å²) in [6.45, 7) is 6.38. The Morgan fingerprint density at radius 3 is 2.40 bits per heavy atom. The van der Waals surface area contributed by atoms with E-state index in [0.29, 0.717) is 5.92 Å². The van der Waals surface area contributed by atoms with Gasteiger partial charge in [-0.2, -0.15) is 0 Å². The number of nitrogens with zero attached hydrogens (tertiary/aromatic N) is 2. The van der Waals surface area contributed by atoms with Crippen LogP contribution in [0, 0.1) is 0 Å². The molecule has 0 saturated heterocycles. The second kappa shape index (κ2) is 3.10. The van der Waals surface area contributed by atoms with Crippen LogP contribution >= 0.6 is 11.3 Å². The standard InChI is InChI=1S/C7H12N2S/c1-4-6-8-9-7(10-6)5(2)3/h5H,4H2,1-3H3. The van der Waals surface area contributed by atoms with Gasteiger partial charge < -0.3 is 0 Å². The molecule has 0 aliphatic heterocycles. The zero-order valence-electron chi connectivity index (χ0n) is 6.59. The highest BCUT2D eigenvalue weighted by Crippen LogP contribution is 2.18. The van der Waals surface area contributed by atoms with Crippen molar-refractivity contribution < 1.29 is 0 Å². The van der Waals surface area contributed by atoms with Gasteiger partial charge in [-0.25, -0.2) is 0 Å². The quantitative estimate of drug-likeness (QED) is 0.656. The van der Waals surface area contributed by atoms with Gasteiger partial charge in [0.2, 0.25) is 0 Å². The van der Waals surface area contributed by atoms with E-state index < -0.39 is 0 Å². The Balaban J connectivity index is 2.78. The van der Waals surface area contributed by atoms with E-state index in [0.717, 1.165) is 16.4 Å². The topological polar surface area (TPSA) is 25.8 Å². The Kier molecular flexibility index (Phi) is 2.38. The van der Waals surface area contributed by atoms with E-state index in [9.17, 15) is 0 Å². The zero-order valence-corrected chi connectivity index (χ0v) is 7.40. The van der Waals surface area contributed by atoms with Gasteiger partial charge in [0.25, 0.3) is 0 Å². The molecule has 0 N–H and O–H groups in total. The molecule has 0 amide bonds. The lowest BCUT2D eigenvalue weighted by Gasteiger charge is -1.92. The average Bonchev–Trinajstić information content (AvgIpc) is 2.34. The lowest BCUT2D eigenvalue weighted by Crippen LogP contribution is -1.83. The van der Waals surface area contributed by atoms with Crippen molar-refractivity contribution in [1.29, 1.82) is 0 Å². The van der Waals surface area contributed by atoms with E-state index in [2.05, 4.69) is 31.0 Å². The Morgan fingerprint density at radius 2 is 2.10 bits per heavy atom. The molecule has 0 atom stereocenters. The fourth-order valence-corrected chi connectivity index (χ4v) is 1.43. The van der Waals surface area contributed by atoms with Gasteiger partial charge in [-0.15, -0.1) is 21.5 Å². The first-order valence-electron chi connectivity index (χ1n) is 3.56. The van der Waals surface area contributed by atoms with E-state index in [1.165, 1.54) is 0 Å². The average molecular weight is 156 g/mol. The van der Waals surface area contributed by atoms with Crippen LogP contribution in [0.1, 0.15) is 36.7 Å². The van der Waals surface area contributed by atoms with Crippen molar-refractivity contribution in [3.8, 4) is 0 Å². The third-order valence-corrected chi connectivity index (χ3v) is 2.65. The van der Waals surface area contributed by atoms with Crippen LogP contribution in [0.25, 0.3) is 0 Å². The van der Waals surface area contributed by atoms with Crippen molar-refractivity contribution in [3.05, 3.63) is 10.0 Å². The van der Waals surface area contributed by atoms with Crippen LogP contribution in [-0.4, -0.2) is 10.2 Å². The summed E-state index contributed by atoms with van der Waals surface area (Å²) in [5.74, 6) is 0.526. The van der Waals surface area contributed by atoms with Crippen molar-refractivity contribution in [3.63, 3.8) is 0 Å². The zero-order chi connectivity index (χ0) is 7.56. The van der Waals surface area contributed by atoms with Gasteiger partial charge in [-0.05, 0) is 6.42 Å². The van der Waals surface area contributed by atoms with E-state index in [-0.39, 0.29) is 0 Å². The van der Waals surface area contributed by atoms with Gasteiger partial charge in [0, 0.05) is 5.92 Å². The van der Waals surface area contributed by atoms with Crippen LogP contribution in [0.4, 0.5) is 0 Å². The highest BCUT2D eigenvalue weighted by atomic mass is 32.1. The predicted molar refractivity (Wildman–Crippen MR) is 43.4 cm³/mol. The summed E-state index contributed by atoms with van der Waals surface area (Å²) in [5, 5.41) is 10.4. The SMILES string of the molecule is CCc1nnc(C(C)C)s1. The highest BCUT2D eigenvalue weighted by Gasteiger charge is 2.04. The fourth-order valence-electron chi connectivity index (χ4n) is 0.643. The van der Waals surface area contributed by atoms with Crippen LogP contribution in [0.3, 0.4) is 0 Å². The first-order valence-corrected chi connectivity index (χ1v) is 4.38. The molecular weight excluding hydrogens is 144 g/mol. The molecule has 0 aliphatic carbocycles. The molecule has 0 saturated carbocycles. The van der Waals surface area contributed by atoms with E-state index in [4.69, 9.17) is 0 Å². The largest absolute Gasteiger partial charge is 0.144 e. The van der Waals surface area contributed by atoms with Crippen molar-refractivity contribution >= 4 is 11.3 Å². The van der Waals surface area contributed by atoms with Crippen molar-refractivity contribution in [1.82, 2.24) is 10.2 Å². The van der Waals surface area contributed by atoms with Crippen molar-refractivity contribution in [2.45, 2.75) is 33.1 Å². The molecule has 0 fully saturated rings. The minimum absolute atomic E-state index is 0.526. The van der Waals surface area contributed by atoms with Crippen LogP contribution in [0.5, 0.6) is 0 Å². The molecule has 0 radical (unpaired) electrons. The summed E-state index contributed by atoms with van der Waals surface area (Å²) in [6.07, 6.45) is 1.00. The molecule has 10 heavy (non-hydrogen) atoms. The maximum atomic E-state index is 4.06. The summed E-state index contributed by atoms with van der Waals surface area (Å²) < 4.78 is 0. The third kappa shape index (κ3) is 1.53. The number of aryl methyl sites for hydroxylation is 1. The third-order valence-electron chi connectivity index (χ3n) is 1.28. The monoisotopic (exact) mass is 156 g/mol. The first kappa shape index (κ1) is 7.66. The highest BCUT2D eigenvalue weighted by molar-refractivity contribution is 7.11. The molecule has 2 nitrogen and oxygen atoms in total. The van der Waals surface area contributed by atoms with E-state index >= 15 is 0 Å². The Bertz CT molecular complexity index is 205. The number of hydrogen-bond donors (Lipinski definition) is 0. The molecule has 1 heterocycles. The normalized spacial score (nSPS) is 10.8. The van der Waals surface area contributed by atoms with Gasteiger partial charge >= 0.3 is 0 Å². The van der Waals surface area contributed by atoms with Gasteiger partial charge in [0.15, 0.2) is 0 Å². The molecular formula is C7H12N2S. The predicted octanol–water partition coefficient (Wildman–Crippen LogP) is 2.22. The van der Waals surface area contributed by atoms with Crippen LogP contribution < -0.4 is 0 Å². The molecule has 3 heteroatoms. The summed E-state index contributed by atoms with van der Waals surface area (Å²) in [5.41, 5.74) is 0. The lowest BCUT2D eigenvalue weighted by atomic mass is 10.2. The minimum Gasteiger partial charge on any atom is -0.144 e. The van der Waals surface area contributed by atoms with Crippen LogP contribution in [0.15, 0.2) is 0 Å². The van der Waals surface area contributed by atoms with E-state index in [1.54, 1.807) is 11.3 Å². The Morgan fingerprint density at radius 1 is 1.40 bits per heavy atom. The summed E-state index contributed by atoms with van der Waals surface area (Å²) in [7, 11) is 0. The molecule has 1 aromatic heterocycles. The molecule has 1 aromatic rings. The molecule has 56 valence electrons. The molecule has 0 spiro atoms. The number of aromatic nitrogens is 2. The van der Waals surface area contributed by atoms with Gasteiger partial charge in [0.05, 0.1) is 0 Å². The lowest BCUT2D eigenvalue weighted by molar-refractivity contribution is 0.818. The summed E-state index contributed by atoms with van der Waals surface area (Å²) >= 11 is 1.72. The Hall–Kier alpha value is -0.440.